The summed E-state index contributed by atoms with van der Waals surface area (Å²) in [6.45, 7) is 4.65. The number of aryl methyl sites for hydroxylation is 1. The van der Waals surface area contributed by atoms with Crippen LogP contribution < -0.4 is 10.1 Å². The average Bonchev–Trinajstić information content (AvgIpc) is 2.83. The molecule has 1 amide bonds. The van der Waals surface area contributed by atoms with E-state index in [0.717, 1.165) is 55.0 Å². The molecule has 1 aliphatic heterocycles. The second-order valence-electron chi connectivity index (χ2n) is 8.62. The SMILES string of the molecule is COc1c(C)cccc1CN1CCC[C@@H]([C@H](NC(=O)c2cccc(F)c2)c2ccccn2)C1. The topological polar surface area (TPSA) is 54.5 Å². The van der Waals surface area contributed by atoms with Gasteiger partial charge in [0.05, 0.1) is 18.8 Å². The Hall–Kier alpha value is -3.25. The van der Waals surface area contributed by atoms with Gasteiger partial charge in [-0.1, -0.05) is 30.3 Å². The number of piperidine rings is 1. The number of hydrogen-bond acceptors (Lipinski definition) is 4. The molecule has 1 N–H and O–H groups in total. The van der Waals surface area contributed by atoms with Crippen molar-refractivity contribution in [2.75, 3.05) is 20.2 Å². The van der Waals surface area contributed by atoms with Crippen LogP contribution in [-0.4, -0.2) is 36.0 Å². The van der Waals surface area contributed by atoms with E-state index in [2.05, 4.69) is 40.3 Å². The Morgan fingerprint density at radius 3 is 2.82 bits per heavy atom. The summed E-state index contributed by atoms with van der Waals surface area (Å²) < 4.78 is 19.3. The molecule has 33 heavy (non-hydrogen) atoms. The highest BCUT2D eigenvalue weighted by Crippen LogP contribution is 2.32. The van der Waals surface area contributed by atoms with E-state index in [9.17, 15) is 9.18 Å². The summed E-state index contributed by atoms with van der Waals surface area (Å²) in [5.41, 5.74) is 3.42. The molecule has 4 rings (SSSR count). The van der Waals surface area contributed by atoms with Crippen molar-refractivity contribution in [1.29, 1.82) is 0 Å². The van der Waals surface area contributed by atoms with Crippen LogP contribution in [0.1, 0.15) is 46.1 Å². The van der Waals surface area contributed by atoms with Gasteiger partial charge in [-0.15, -0.1) is 0 Å². The third-order valence-electron chi connectivity index (χ3n) is 6.28. The summed E-state index contributed by atoms with van der Waals surface area (Å²) in [7, 11) is 1.71. The first kappa shape index (κ1) is 22.9. The van der Waals surface area contributed by atoms with Crippen molar-refractivity contribution in [3.05, 3.63) is 95.1 Å². The fourth-order valence-corrected chi connectivity index (χ4v) is 4.73. The summed E-state index contributed by atoms with van der Waals surface area (Å²) in [6.07, 6.45) is 3.75. The second kappa shape index (κ2) is 10.6. The van der Waals surface area contributed by atoms with Crippen LogP contribution in [0.25, 0.3) is 0 Å². The lowest BCUT2D eigenvalue weighted by atomic mass is 9.88. The van der Waals surface area contributed by atoms with Crippen molar-refractivity contribution in [3.8, 4) is 5.75 Å². The largest absolute Gasteiger partial charge is 0.496 e. The number of para-hydroxylation sites is 1. The highest BCUT2D eigenvalue weighted by atomic mass is 19.1. The van der Waals surface area contributed by atoms with Gasteiger partial charge in [-0.3, -0.25) is 14.7 Å². The standard InChI is InChI=1S/C27H30FN3O2/c1-19-8-5-10-22(26(19)33-2)18-31-15-7-11-21(17-31)25(24-13-3-4-14-29-24)30-27(32)20-9-6-12-23(28)16-20/h3-6,8-10,12-14,16,21,25H,7,11,15,17-18H2,1-2H3,(H,30,32)/t21-,25+/m1/s1. The number of likely N-dealkylation sites (tertiary alicyclic amines) is 1. The molecule has 172 valence electrons. The van der Waals surface area contributed by atoms with Gasteiger partial charge in [0, 0.05) is 30.4 Å². The zero-order chi connectivity index (χ0) is 23.2. The van der Waals surface area contributed by atoms with E-state index in [1.54, 1.807) is 25.4 Å². The normalized spacial score (nSPS) is 17.4. The number of hydrogen-bond donors (Lipinski definition) is 1. The fourth-order valence-electron chi connectivity index (χ4n) is 4.73. The molecule has 0 bridgehead atoms. The summed E-state index contributed by atoms with van der Waals surface area (Å²) in [6, 6.07) is 17.5. The minimum absolute atomic E-state index is 0.182. The lowest BCUT2D eigenvalue weighted by Crippen LogP contribution is -2.43. The molecule has 0 saturated carbocycles. The van der Waals surface area contributed by atoms with E-state index in [4.69, 9.17) is 4.74 Å². The smallest absolute Gasteiger partial charge is 0.251 e. The van der Waals surface area contributed by atoms with Crippen molar-refractivity contribution in [3.63, 3.8) is 0 Å². The second-order valence-corrected chi connectivity index (χ2v) is 8.62. The van der Waals surface area contributed by atoms with Crippen LogP contribution in [0.15, 0.2) is 66.9 Å². The summed E-state index contributed by atoms with van der Waals surface area (Å²) in [5.74, 6) is 0.401. The molecule has 1 saturated heterocycles. The van der Waals surface area contributed by atoms with Crippen molar-refractivity contribution in [1.82, 2.24) is 15.2 Å². The third-order valence-corrected chi connectivity index (χ3v) is 6.28. The van der Waals surface area contributed by atoms with Gasteiger partial charge >= 0.3 is 0 Å². The van der Waals surface area contributed by atoms with E-state index in [0.29, 0.717) is 5.56 Å². The summed E-state index contributed by atoms with van der Waals surface area (Å²) >= 11 is 0. The predicted molar refractivity (Wildman–Crippen MR) is 127 cm³/mol. The monoisotopic (exact) mass is 447 g/mol. The zero-order valence-electron chi connectivity index (χ0n) is 19.1. The minimum Gasteiger partial charge on any atom is -0.496 e. The Labute approximate surface area is 194 Å². The first-order valence-corrected chi connectivity index (χ1v) is 11.4. The Balaban J connectivity index is 1.54. The number of carbonyl (C=O) groups is 1. The molecule has 6 heteroatoms. The maximum Gasteiger partial charge on any atom is 0.251 e. The van der Waals surface area contributed by atoms with Gasteiger partial charge in [0.25, 0.3) is 5.91 Å². The van der Waals surface area contributed by atoms with Crippen molar-refractivity contribution in [2.45, 2.75) is 32.4 Å². The maximum absolute atomic E-state index is 13.7. The van der Waals surface area contributed by atoms with Gasteiger partial charge in [0.15, 0.2) is 0 Å². The molecule has 1 aromatic heterocycles. The zero-order valence-corrected chi connectivity index (χ0v) is 19.1. The van der Waals surface area contributed by atoms with Crippen LogP contribution in [0.2, 0.25) is 0 Å². The highest BCUT2D eigenvalue weighted by Gasteiger charge is 2.31. The molecule has 0 aliphatic carbocycles. The number of pyridine rings is 1. The number of nitrogens with zero attached hydrogens (tertiary/aromatic N) is 2. The number of aromatic nitrogens is 1. The van der Waals surface area contributed by atoms with E-state index in [1.807, 2.05) is 18.2 Å². The van der Waals surface area contributed by atoms with Crippen molar-refractivity contribution in [2.24, 2.45) is 5.92 Å². The Kier molecular flexibility index (Phi) is 7.35. The molecular weight excluding hydrogens is 417 g/mol. The van der Waals surface area contributed by atoms with Crippen molar-refractivity contribution < 1.29 is 13.9 Å². The molecule has 2 atom stereocenters. The van der Waals surface area contributed by atoms with Gasteiger partial charge in [0.1, 0.15) is 11.6 Å². The quantitative estimate of drug-likeness (QED) is 0.559. The molecule has 0 radical (unpaired) electrons. The van der Waals surface area contributed by atoms with Gasteiger partial charge in [-0.25, -0.2) is 4.39 Å². The molecular formula is C27H30FN3O2. The first-order chi connectivity index (χ1) is 16.0. The average molecular weight is 448 g/mol. The molecule has 1 aliphatic rings. The predicted octanol–water partition coefficient (Wildman–Crippen LogP) is 4.92. The molecule has 5 nitrogen and oxygen atoms in total. The number of methoxy groups -OCH3 is 1. The highest BCUT2D eigenvalue weighted by molar-refractivity contribution is 5.94. The lowest BCUT2D eigenvalue weighted by Gasteiger charge is -2.37. The van der Waals surface area contributed by atoms with E-state index in [-0.39, 0.29) is 17.9 Å². The van der Waals surface area contributed by atoms with Crippen LogP contribution in [0.3, 0.4) is 0 Å². The number of amides is 1. The van der Waals surface area contributed by atoms with Gasteiger partial charge < -0.3 is 10.1 Å². The molecule has 2 aromatic carbocycles. The number of halogens is 1. The van der Waals surface area contributed by atoms with Gasteiger partial charge in [-0.2, -0.15) is 0 Å². The molecule has 3 aromatic rings. The summed E-state index contributed by atoms with van der Waals surface area (Å²) in [5, 5.41) is 3.14. The number of rotatable bonds is 7. The maximum atomic E-state index is 13.7. The molecule has 1 fully saturated rings. The third kappa shape index (κ3) is 5.57. The van der Waals surface area contributed by atoms with E-state index >= 15 is 0 Å². The van der Waals surface area contributed by atoms with E-state index < -0.39 is 5.82 Å². The van der Waals surface area contributed by atoms with E-state index in [1.165, 1.54) is 12.1 Å². The molecule has 2 heterocycles. The van der Waals surface area contributed by atoms with Crippen LogP contribution in [0.5, 0.6) is 5.75 Å². The van der Waals surface area contributed by atoms with Gasteiger partial charge in [0.2, 0.25) is 0 Å². The van der Waals surface area contributed by atoms with Gasteiger partial charge in [-0.05, 0) is 68.1 Å². The van der Waals surface area contributed by atoms with Crippen LogP contribution >= 0.6 is 0 Å². The van der Waals surface area contributed by atoms with Crippen LogP contribution in [0.4, 0.5) is 4.39 Å². The Bertz CT molecular complexity index is 1090. The van der Waals surface area contributed by atoms with Crippen LogP contribution in [-0.2, 0) is 6.54 Å². The summed E-state index contributed by atoms with van der Waals surface area (Å²) in [4.78, 5) is 19.9. The first-order valence-electron chi connectivity index (χ1n) is 11.4. The molecule has 0 spiro atoms. The Morgan fingerprint density at radius 1 is 1.21 bits per heavy atom. The number of carbonyl (C=O) groups excluding carboxylic acids is 1. The van der Waals surface area contributed by atoms with Crippen LogP contribution in [0, 0.1) is 18.7 Å². The number of nitrogens with one attached hydrogen (secondary N) is 1. The number of benzene rings is 2. The number of ether oxygens (including phenoxy) is 1. The fraction of sp³-hybridized carbons (Fsp3) is 0.333. The molecule has 0 unspecified atom stereocenters. The Morgan fingerprint density at radius 2 is 2.06 bits per heavy atom. The lowest BCUT2D eigenvalue weighted by molar-refractivity contribution is 0.0874. The minimum atomic E-state index is -0.423. The van der Waals surface area contributed by atoms with Crippen molar-refractivity contribution >= 4 is 5.91 Å².